The van der Waals surface area contributed by atoms with Gasteiger partial charge in [0.05, 0.1) is 0 Å². The lowest BCUT2D eigenvalue weighted by molar-refractivity contribution is 0.0946. The maximum Gasteiger partial charge on any atom is 0.270 e. The van der Waals surface area contributed by atoms with Gasteiger partial charge in [-0.15, -0.1) is 0 Å². The molecule has 7 nitrogen and oxygen atoms in total. The number of ether oxygens (including phenoxy) is 2. The number of aromatic nitrogens is 1. The van der Waals surface area contributed by atoms with Gasteiger partial charge in [0.1, 0.15) is 5.69 Å². The van der Waals surface area contributed by atoms with E-state index < -0.39 is 0 Å². The predicted octanol–water partition coefficient (Wildman–Crippen LogP) is 1.63. The molecule has 1 aromatic heterocycles. The van der Waals surface area contributed by atoms with Gasteiger partial charge in [-0.05, 0) is 42.7 Å². The Morgan fingerprint density at radius 2 is 1.92 bits per heavy atom. The van der Waals surface area contributed by atoms with E-state index in [1.807, 2.05) is 18.2 Å². The fourth-order valence-corrected chi connectivity index (χ4v) is 2.52. The molecule has 1 fully saturated rings. The van der Waals surface area contributed by atoms with Crippen molar-refractivity contribution in [2.75, 3.05) is 6.79 Å². The van der Waals surface area contributed by atoms with Crippen molar-refractivity contribution in [2.45, 2.75) is 25.4 Å². The SMILES string of the molecule is O=C(NCc1ccc2c(c1)OCO2)c1ccnc(C(=O)NC2CC2)c1. The highest BCUT2D eigenvalue weighted by molar-refractivity contribution is 5.98. The zero-order valence-corrected chi connectivity index (χ0v) is 13.5. The Morgan fingerprint density at radius 1 is 1.08 bits per heavy atom. The van der Waals surface area contributed by atoms with Gasteiger partial charge in [0, 0.05) is 24.3 Å². The second-order valence-corrected chi connectivity index (χ2v) is 6.05. The molecule has 25 heavy (non-hydrogen) atoms. The third-order valence-corrected chi connectivity index (χ3v) is 4.06. The number of amides is 2. The van der Waals surface area contributed by atoms with E-state index in [1.165, 1.54) is 12.3 Å². The maximum atomic E-state index is 12.3. The highest BCUT2D eigenvalue weighted by Gasteiger charge is 2.24. The number of hydrogen-bond donors (Lipinski definition) is 2. The van der Waals surface area contributed by atoms with Crippen molar-refractivity contribution in [2.24, 2.45) is 0 Å². The summed E-state index contributed by atoms with van der Waals surface area (Å²) in [5.41, 5.74) is 1.55. The van der Waals surface area contributed by atoms with Crippen molar-refractivity contribution >= 4 is 11.8 Å². The van der Waals surface area contributed by atoms with Crippen LogP contribution in [0.15, 0.2) is 36.5 Å². The van der Waals surface area contributed by atoms with Crippen LogP contribution < -0.4 is 20.1 Å². The second-order valence-electron chi connectivity index (χ2n) is 6.05. The van der Waals surface area contributed by atoms with Crippen LogP contribution in [0.4, 0.5) is 0 Å². The van der Waals surface area contributed by atoms with Crippen LogP contribution in [0.2, 0.25) is 0 Å². The zero-order chi connectivity index (χ0) is 17.2. The molecule has 1 aromatic carbocycles. The molecule has 2 heterocycles. The van der Waals surface area contributed by atoms with Gasteiger partial charge in [-0.1, -0.05) is 6.07 Å². The topological polar surface area (TPSA) is 89.6 Å². The Morgan fingerprint density at radius 3 is 2.76 bits per heavy atom. The van der Waals surface area contributed by atoms with Gasteiger partial charge in [-0.3, -0.25) is 14.6 Å². The van der Waals surface area contributed by atoms with Gasteiger partial charge >= 0.3 is 0 Å². The Hall–Kier alpha value is -3.09. The molecule has 0 saturated heterocycles. The molecular weight excluding hydrogens is 322 g/mol. The highest BCUT2D eigenvalue weighted by atomic mass is 16.7. The lowest BCUT2D eigenvalue weighted by Gasteiger charge is -2.08. The van der Waals surface area contributed by atoms with Crippen molar-refractivity contribution < 1.29 is 19.1 Å². The molecule has 1 saturated carbocycles. The summed E-state index contributed by atoms with van der Waals surface area (Å²) in [6, 6.07) is 8.86. The Balaban J connectivity index is 1.39. The van der Waals surface area contributed by atoms with E-state index in [2.05, 4.69) is 15.6 Å². The first-order chi connectivity index (χ1) is 12.2. The van der Waals surface area contributed by atoms with E-state index in [9.17, 15) is 9.59 Å². The first-order valence-corrected chi connectivity index (χ1v) is 8.13. The summed E-state index contributed by atoms with van der Waals surface area (Å²) >= 11 is 0. The average Bonchev–Trinajstić information content (AvgIpc) is 3.33. The highest BCUT2D eigenvalue weighted by Crippen LogP contribution is 2.32. The average molecular weight is 339 g/mol. The summed E-state index contributed by atoms with van der Waals surface area (Å²) in [6.45, 7) is 0.565. The molecule has 7 heteroatoms. The lowest BCUT2D eigenvalue weighted by atomic mass is 10.1. The fourth-order valence-electron chi connectivity index (χ4n) is 2.52. The number of fused-ring (bicyclic) bond motifs is 1. The molecule has 2 amide bonds. The fraction of sp³-hybridized carbons (Fsp3) is 0.278. The molecule has 0 atom stereocenters. The van der Waals surface area contributed by atoms with Gasteiger partial charge in [0.2, 0.25) is 6.79 Å². The van der Waals surface area contributed by atoms with Crippen molar-refractivity contribution in [1.29, 1.82) is 0 Å². The minimum atomic E-state index is -0.263. The summed E-state index contributed by atoms with van der Waals surface area (Å²) in [5.74, 6) is 0.874. The standard InChI is InChI=1S/C18H17N3O4/c22-17(20-9-11-1-4-15-16(7-11)25-10-24-15)12-5-6-19-14(8-12)18(23)21-13-2-3-13/h1,4-8,13H,2-3,9-10H2,(H,20,22)(H,21,23). The number of carbonyl (C=O) groups excluding carboxylic acids is 2. The second kappa shape index (κ2) is 6.43. The molecule has 0 radical (unpaired) electrons. The van der Waals surface area contributed by atoms with Crippen molar-refractivity contribution in [3.63, 3.8) is 0 Å². The van der Waals surface area contributed by atoms with Crippen LogP contribution in [0.5, 0.6) is 11.5 Å². The van der Waals surface area contributed by atoms with Crippen molar-refractivity contribution in [3.05, 3.63) is 53.3 Å². The van der Waals surface area contributed by atoms with E-state index >= 15 is 0 Å². The first kappa shape index (κ1) is 15.4. The van der Waals surface area contributed by atoms with Gasteiger partial charge in [-0.25, -0.2) is 0 Å². The zero-order valence-electron chi connectivity index (χ0n) is 13.5. The molecule has 0 unspecified atom stereocenters. The number of carbonyl (C=O) groups is 2. The van der Waals surface area contributed by atoms with Gasteiger partial charge in [-0.2, -0.15) is 0 Å². The molecule has 2 aliphatic rings. The number of nitrogens with zero attached hydrogens (tertiary/aromatic N) is 1. The molecule has 0 bridgehead atoms. The molecule has 128 valence electrons. The summed E-state index contributed by atoms with van der Waals surface area (Å²) < 4.78 is 10.6. The van der Waals surface area contributed by atoms with E-state index in [0.29, 0.717) is 23.6 Å². The molecule has 2 aromatic rings. The third-order valence-electron chi connectivity index (χ3n) is 4.06. The normalized spacial score (nSPS) is 14.9. The molecule has 0 spiro atoms. The molecule has 4 rings (SSSR count). The van der Waals surface area contributed by atoms with Crippen molar-refractivity contribution in [1.82, 2.24) is 15.6 Å². The number of rotatable bonds is 5. The monoisotopic (exact) mass is 339 g/mol. The van der Waals surface area contributed by atoms with Crippen LogP contribution in [0.1, 0.15) is 39.3 Å². The van der Waals surface area contributed by atoms with Crippen LogP contribution in [-0.2, 0) is 6.54 Å². The van der Waals surface area contributed by atoms with E-state index in [1.54, 1.807) is 6.07 Å². The third kappa shape index (κ3) is 3.55. The minimum absolute atomic E-state index is 0.216. The first-order valence-electron chi connectivity index (χ1n) is 8.13. The van der Waals surface area contributed by atoms with Crippen LogP contribution in [0.3, 0.4) is 0 Å². The summed E-state index contributed by atoms with van der Waals surface area (Å²) in [6.07, 6.45) is 3.47. The molecule has 1 aliphatic carbocycles. The molecular formula is C18H17N3O4. The quantitative estimate of drug-likeness (QED) is 0.864. The number of nitrogens with one attached hydrogen (secondary N) is 2. The Bertz CT molecular complexity index is 833. The van der Waals surface area contributed by atoms with Gasteiger partial charge in [0.25, 0.3) is 11.8 Å². The lowest BCUT2D eigenvalue weighted by Crippen LogP contribution is -2.27. The van der Waals surface area contributed by atoms with Crippen LogP contribution in [0.25, 0.3) is 0 Å². The van der Waals surface area contributed by atoms with E-state index in [4.69, 9.17) is 9.47 Å². The van der Waals surface area contributed by atoms with Gasteiger partial charge in [0.15, 0.2) is 11.5 Å². The summed E-state index contributed by atoms with van der Waals surface area (Å²) in [7, 11) is 0. The van der Waals surface area contributed by atoms with E-state index in [0.717, 1.165) is 18.4 Å². The van der Waals surface area contributed by atoms with Crippen LogP contribution >= 0.6 is 0 Å². The molecule has 1 aliphatic heterocycles. The smallest absolute Gasteiger partial charge is 0.270 e. The number of hydrogen-bond acceptors (Lipinski definition) is 5. The van der Waals surface area contributed by atoms with E-state index in [-0.39, 0.29) is 30.3 Å². The van der Waals surface area contributed by atoms with Crippen LogP contribution in [-0.4, -0.2) is 29.6 Å². The van der Waals surface area contributed by atoms with Gasteiger partial charge < -0.3 is 20.1 Å². The van der Waals surface area contributed by atoms with Crippen LogP contribution in [0, 0.1) is 0 Å². The van der Waals surface area contributed by atoms with Crippen molar-refractivity contribution in [3.8, 4) is 11.5 Å². The Kier molecular flexibility index (Phi) is 3.97. The largest absolute Gasteiger partial charge is 0.454 e. The Labute approximate surface area is 144 Å². The molecule has 2 N–H and O–H groups in total. The minimum Gasteiger partial charge on any atom is -0.454 e. The number of pyridine rings is 1. The summed E-state index contributed by atoms with van der Waals surface area (Å²) in [4.78, 5) is 28.4. The summed E-state index contributed by atoms with van der Waals surface area (Å²) in [5, 5.41) is 5.69. The number of benzene rings is 1. The maximum absolute atomic E-state index is 12.3. The predicted molar refractivity (Wildman–Crippen MR) is 88.5 cm³/mol.